The first kappa shape index (κ1) is 16.4. The number of hydrogen-bond donors (Lipinski definition) is 2. The van der Waals surface area contributed by atoms with E-state index >= 15 is 0 Å². The van der Waals surface area contributed by atoms with Gasteiger partial charge in [0.15, 0.2) is 5.71 Å². The minimum Gasteiger partial charge on any atom is -0.388 e. The van der Waals surface area contributed by atoms with Gasteiger partial charge in [-0.1, -0.05) is 24.4 Å². The standard InChI is InChI=1S/C15H21N5OS/c1-11-4-3-5-12(10-11)17-18-13(14(16)22)15(21)20-8-6-19(2)7-9-20/h3-5,10,17H,6-9H2,1-2H3,(H2,16,22)/b18-13+. The molecule has 1 heterocycles. The molecule has 0 aliphatic carbocycles. The lowest BCUT2D eigenvalue weighted by molar-refractivity contribution is -0.125. The van der Waals surface area contributed by atoms with Crippen molar-refractivity contribution in [2.45, 2.75) is 6.92 Å². The zero-order valence-corrected chi connectivity index (χ0v) is 13.7. The molecular formula is C15H21N5OS. The van der Waals surface area contributed by atoms with Crippen LogP contribution in [0.15, 0.2) is 29.4 Å². The van der Waals surface area contributed by atoms with E-state index in [0.29, 0.717) is 13.1 Å². The first-order valence-electron chi connectivity index (χ1n) is 7.15. The van der Waals surface area contributed by atoms with Crippen LogP contribution in [0, 0.1) is 6.92 Å². The number of nitrogens with one attached hydrogen (secondary N) is 1. The van der Waals surface area contributed by atoms with Crippen LogP contribution in [0.25, 0.3) is 0 Å². The maximum atomic E-state index is 12.5. The van der Waals surface area contributed by atoms with Crippen molar-refractivity contribution in [3.63, 3.8) is 0 Å². The Morgan fingerprint density at radius 3 is 2.59 bits per heavy atom. The van der Waals surface area contributed by atoms with Crippen LogP contribution in [0.5, 0.6) is 0 Å². The summed E-state index contributed by atoms with van der Waals surface area (Å²) in [7, 11) is 2.03. The first-order valence-corrected chi connectivity index (χ1v) is 7.56. The minimum atomic E-state index is -0.222. The fraction of sp³-hybridized carbons (Fsp3) is 0.400. The van der Waals surface area contributed by atoms with Crippen molar-refractivity contribution < 1.29 is 4.79 Å². The number of thiocarbonyl (C=S) groups is 1. The Balaban J connectivity index is 2.10. The Morgan fingerprint density at radius 2 is 2.00 bits per heavy atom. The number of aryl methyl sites for hydroxylation is 1. The van der Waals surface area contributed by atoms with Crippen molar-refractivity contribution in [3.05, 3.63) is 29.8 Å². The van der Waals surface area contributed by atoms with Crippen LogP contribution in [0.2, 0.25) is 0 Å². The molecule has 0 spiro atoms. The van der Waals surface area contributed by atoms with Gasteiger partial charge in [0.1, 0.15) is 4.99 Å². The van der Waals surface area contributed by atoms with E-state index in [1.165, 1.54) is 0 Å². The molecule has 1 fully saturated rings. The minimum absolute atomic E-state index is 0.00378. The van der Waals surface area contributed by atoms with Gasteiger partial charge in [0.2, 0.25) is 0 Å². The van der Waals surface area contributed by atoms with Gasteiger partial charge >= 0.3 is 0 Å². The van der Waals surface area contributed by atoms with Crippen LogP contribution < -0.4 is 11.2 Å². The van der Waals surface area contributed by atoms with Crippen molar-refractivity contribution >= 4 is 34.5 Å². The number of hydrazone groups is 1. The first-order chi connectivity index (χ1) is 10.5. The normalized spacial score (nSPS) is 16.5. The zero-order chi connectivity index (χ0) is 16.1. The average molecular weight is 319 g/mol. The molecule has 0 radical (unpaired) electrons. The Bertz CT molecular complexity index is 593. The summed E-state index contributed by atoms with van der Waals surface area (Å²) in [6, 6.07) is 7.70. The molecule has 7 heteroatoms. The molecule has 118 valence electrons. The Labute approximate surface area is 136 Å². The fourth-order valence-electron chi connectivity index (χ4n) is 2.20. The second-order valence-corrected chi connectivity index (χ2v) is 5.84. The van der Waals surface area contributed by atoms with Gasteiger partial charge in [-0.25, -0.2) is 0 Å². The summed E-state index contributed by atoms with van der Waals surface area (Å²) in [5, 5.41) is 4.12. The second-order valence-electron chi connectivity index (χ2n) is 5.40. The molecule has 6 nitrogen and oxygen atoms in total. The number of rotatable bonds is 4. The molecule has 1 aromatic carbocycles. The van der Waals surface area contributed by atoms with Gasteiger partial charge in [0, 0.05) is 26.2 Å². The fourth-order valence-corrected chi connectivity index (χ4v) is 2.34. The van der Waals surface area contributed by atoms with Crippen LogP contribution in [0.3, 0.4) is 0 Å². The number of hydrogen-bond acceptors (Lipinski definition) is 5. The molecule has 1 amide bonds. The van der Waals surface area contributed by atoms with Crippen LogP contribution in [0.1, 0.15) is 5.56 Å². The predicted octanol–water partition coefficient (Wildman–Crippen LogP) is 0.823. The van der Waals surface area contributed by atoms with E-state index in [-0.39, 0.29) is 16.6 Å². The Kier molecular flexibility index (Phi) is 5.46. The number of likely N-dealkylation sites (N-methyl/N-ethyl adjacent to an activating group) is 1. The van der Waals surface area contributed by atoms with E-state index < -0.39 is 0 Å². The molecule has 3 N–H and O–H groups in total. The van der Waals surface area contributed by atoms with Gasteiger partial charge in [-0.05, 0) is 31.7 Å². The third-order valence-corrected chi connectivity index (χ3v) is 3.73. The smallest absolute Gasteiger partial charge is 0.277 e. The van der Waals surface area contributed by atoms with Crippen LogP contribution in [0.4, 0.5) is 5.69 Å². The van der Waals surface area contributed by atoms with E-state index in [9.17, 15) is 4.79 Å². The molecule has 0 saturated carbocycles. The number of benzene rings is 1. The molecule has 22 heavy (non-hydrogen) atoms. The molecule has 0 atom stereocenters. The topological polar surface area (TPSA) is 74.0 Å². The number of nitrogens with zero attached hydrogens (tertiary/aromatic N) is 3. The van der Waals surface area contributed by atoms with Crippen LogP contribution in [-0.2, 0) is 4.79 Å². The number of nitrogens with two attached hydrogens (primary N) is 1. The Hall–Kier alpha value is -1.99. The lowest BCUT2D eigenvalue weighted by atomic mass is 10.2. The molecule has 1 saturated heterocycles. The van der Waals surface area contributed by atoms with Crippen molar-refractivity contribution in [3.8, 4) is 0 Å². The van der Waals surface area contributed by atoms with Gasteiger partial charge in [-0.15, -0.1) is 0 Å². The average Bonchev–Trinajstić information content (AvgIpc) is 2.47. The van der Waals surface area contributed by atoms with Gasteiger partial charge in [-0.3, -0.25) is 10.2 Å². The third-order valence-electron chi connectivity index (χ3n) is 3.54. The van der Waals surface area contributed by atoms with Crippen LogP contribution >= 0.6 is 12.2 Å². The largest absolute Gasteiger partial charge is 0.388 e. The zero-order valence-electron chi connectivity index (χ0n) is 12.9. The van der Waals surface area contributed by atoms with E-state index in [1.54, 1.807) is 4.90 Å². The quantitative estimate of drug-likeness (QED) is 0.488. The van der Waals surface area contributed by atoms with E-state index in [2.05, 4.69) is 15.4 Å². The molecule has 0 bridgehead atoms. The molecular weight excluding hydrogens is 298 g/mol. The predicted molar refractivity (Wildman–Crippen MR) is 93.1 cm³/mol. The molecule has 1 aromatic rings. The van der Waals surface area contributed by atoms with Crippen molar-refractivity contribution in [1.82, 2.24) is 9.80 Å². The maximum Gasteiger partial charge on any atom is 0.277 e. The van der Waals surface area contributed by atoms with Gasteiger partial charge in [0.25, 0.3) is 5.91 Å². The van der Waals surface area contributed by atoms with Gasteiger partial charge < -0.3 is 15.5 Å². The maximum absolute atomic E-state index is 12.5. The summed E-state index contributed by atoms with van der Waals surface area (Å²) < 4.78 is 0. The van der Waals surface area contributed by atoms with Crippen molar-refractivity contribution in [2.75, 3.05) is 38.7 Å². The SMILES string of the molecule is Cc1cccc(N/N=C(/C(=O)N2CCN(C)CC2)C(N)=S)c1. The molecule has 0 unspecified atom stereocenters. The summed E-state index contributed by atoms with van der Waals surface area (Å²) in [6.45, 7) is 4.96. The molecule has 0 aromatic heterocycles. The van der Waals surface area contributed by atoms with Crippen molar-refractivity contribution in [1.29, 1.82) is 0 Å². The van der Waals surface area contributed by atoms with E-state index in [1.807, 2.05) is 38.2 Å². The highest BCUT2D eigenvalue weighted by Gasteiger charge is 2.25. The second kappa shape index (κ2) is 7.33. The van der Waals surface area contributed by atoms with Crippen LogP contribution in [-0.4, -0.2) is 59.6 Å². The highest BCUT2D eigenvalue weighted by Crippen LogP contribution is 2.10. The monoisotopic (exact) mass is 319 g/mol. The molecule has 1 aliphatic rings. The number of anilines is 1. The Morgan fingerprint density at radius 1 is 1.32 bits per heavy atom. The highest BCUT2D eigenvalue weighted by atomic mass is 32.1. The number of carbonyl (C=O) groups excluding carboxylic acids is 1. The highest BCUT2D eigenvalue weighted by molar-refractivity contribution is 7.82. The third kappa shape index (κ3) is 4.25. The molecule has 1 aliphatic heterocycles. The number of amides is 1. The van der Waals surface area contributed by atoms with Crippen molar-refractivity contribution in [2.24, 2.45) is 10.8 Å². The van der Waals surface area contributed by atoms with Gasteiger partial charge in [0.05, 0.1) is 5.69 Å². The number of piperazine rings is 1. The summed E-state index contributed by atoms with van der Waals surface area (Å²) in [5.41, 5.74) is 10.5. The summed E-state index contributed by atoms with van der Waals surface area (Å²) >= 11 is 4.98. The lowest BCUT2D eigenvalue weighted by Gasteiger charge is -2.32. The summed E-state index contributed by atoms with van der Waals surface area (Å²) in [4.78, 5) is 16.4. The van der Waals surface area contributed by atoms with E-state index in [0.717, 1.165) is 24.3 Å². The van der Waals surface area contributed by atoms with E-state index in [4.69, 9.17) is 18.0 Å². The summed E-state index contributed by atoms with van der Waals surface area (Å²) in [5.74, 6) is -0.222. The van der Waals surface area contributed by atoms with Gasteiger partial charge in [-0.2, -0.15) is 5.10 Å². The summed E-state index contributed by atoms with van der Waals surface area (Å²) in [6.07, 6.45) is 0. The number of carbonyl (C=O) groups is 1. The lowest BCUT2D eigenvalue weighted by Crippen LogP contribution is -2.51. The molecule has 2 rings (SSSR count).